The van der Waals surface area contributed by atoms with Gasteiger partial charge in [0.15, 0.2) is 6.61 Å². The summed E-state index contributed by atoms with van der Waals surface area (Å²) in [5.41, 5.74) is 2.85. The second-order valence-corrected chi connectivity index (χ2v) is 6.30. The molecule has 2 aromatic heterocycles. The maximum absolute atomic E-state index is 12.5. The monoisotopic (exact) mass is 379 g/mol. The van der Waals surface area contributed by atoms with Crippen molar-refractivity contribution in [2.24, 2.45) is 0 Å². The van der Waals surface area contributed by atoms with Crippen LogP contribution in [0.5, 0.6) is 0 Å². The van der Waals surface area contributed by atoms with Crippen LogP contribution in [0, 0.1) is 6.92 Å². The van der Waals surface area contributed by atoms with E-state index in [9.17, 15) is 4.79 Å². The molecule has 27 heavy (non-hydrogen) atoms. The van der Waals surface area contributed by atoms with Crippen LogP contribution in [0.1, 0.15) is 21.8 Å². The maximum atomic E-state index is 12.5. The second kappa shape index (κ2) is 7.17. The Labute approximate surface area is 159 Å². The summed E-state index contributed by atoms with van der Waals surface area (Å²) >= 11 is 6.01. The standard InChI is InChI=1S/C20H14ClN3O3/c1-12-6-2-3-7-13(12)19-23-18(27-24-19)11-26-20(25)15-10-17(21)22-16-9-5-4-8-14(15)16/h2-10H,11H2,1H3. The molecule has 0 unspecified atom stereocenters. The first kappa shape index (κ1) is 17.2. The lowest BCUT2D eigenvalue weighted by atomic mass is 10.1. The fraction of sp³-hybridized carbons (Fsp3) is 0.100. The number of carbonyl (C=O) groups excluding carboxylic acids is 1. The smallest absolute Gasteiger partial charge is 0.339 e. The fourth-order valence-corrected chi connectivity index (χ4v) is 2.96. The molecule has 2 heterocycles. The molecule has 0 saturated heterocycles. The zero-order valence-corrected chi connectivity index (χ0v) is 15.1. The van der Waals surface area contributed by atoms with Crippen molar-refractivity contribution in [2.75, 3.05) is 0 Å². The van der Waals surface area contributed by atoms with Gasteiger partial charge < -0.3 is 9.26 Å². The van der Waals surface area contributed by atoms with Gasteiger partial charge in [0.05, 0.1) is 11.1 Å². The zero-order chi connectivity index (χ0) is 18.8. The number of rotatable bonds is 4. The van der Waals surface area contributed by atoms with E-state index in [2.05, 4.69) is 15.1 Å². The third-order valence-electron chi connectivity index (χ3n) is 4.09. The van der Waals surface area contributed by atoms with Crippen LogP contribution in [0.4, 0.5) is 0 Å². The van der Waals surface area contributed by atoms with Gasteiger partial charge in [0.1, 0.15) is 5.15 Å². The third-order valence-corrected chi connectivity index (χ3v) is 4.28. The van der Waals surface area contributed by atoms with Crippen molar-refractivity contribution in [3.8, 4) is 11.4 Å². The van der Waals surface area contributed by atoms with Crippen LogP contribution in [0.15, 0.2) is 59.1 Å². The number of ether oxygens (including phenoxy) is 1. The van der Waals surface area contributed by atoms with Crippen molar-refractivity contribution < 1.29 is 14.1 Å². The number of fused-ring (bicyclic) bond motifs is 1. The van der Waals surface area contributed by atoms with Gasteiger partial charge in [-0.15, -0.1) is 0 Å². The molecule has 0 atom stereocenters. The number of benzene rings is 2. The zero-order valence-electron chi connectivity index (χ0n) is 14.3. The predicted molar refractivity (Wildman–Crippen MR) is 100 cm³/mol. The minimum Gasteiger partial charge on any atom is -0.452 e. The number of nitrogens with zero attached hydrogens (tertiary/aromatic N) is 3. The topological polar surface area (TPSA) is 78.1 Å². The quantitative estimate of drug-likeness (QED) is 0.381. The Morgan fingerprint density at radius 2 is 1.89 bits per heavy atom. The van der Waals surface area contributed by atoms with Gasteiger partial charge in [0.2, 0.25) is 5.82 Å². The van der Waals surface area contributed by atoms with Crippen molar-refractivity contribution >= 4 is 28.5 Å². The number of hydrogen-bond acceptors (Lipinski definition) is 6. The number of esters is 1. The van der Waals surface area contributed by atoms with E-state index in [0.717, 1.165) is 11.1 Å². The van der Waals surface area contributed by atoms with E-state index < -0.39 is 5.97 Å². The molecule has 7 heteroatoms. The highest BCUT2D eigenvalue weighted by Crippen LogP contribution is 2.23. The molecule has 0 fully saturated rings. The molecular weight excluding hydrogens is 366 g/mol. The molecule has 0 aliphatic rings. The van der Waals surface area contributed by atoms with Crippen LogP contribution >= 0.6 is 11.6 Å². The highest BCUT2D eigenvalue weighted by atomic mass is 35.5. The lowest BCUT2D eigenvalue weighted by Crippen LogP contribution is -2.07. The normalized spacial score (nSPS) is 10.9. The molecular formula is C20H14ClN3O3. The third kappa shape index (κ3) is 3.52. The lowest BCUT2D eigenvalue weighted by molar-refractivity contribution is 0.0432. The van der Waals surface area contributed by atoms with E-state index >= 15 is 0 Å². The molecule has 0 radical (unpaired) electrons. The first-order valence-electron chi connectivity index (χ1n) is 8.23. The van der Waals surface area contributed by atoms with Crippen molar-refractivity contribution in [3.05, 3.63) is 76.8 Å². The van der Waals surface area contributed by atoms with Gasteiger partial charge in [-0.25, -0.2) is 9.78 Å². The number of halogens is 1. The summed E-state index contributed by atoms with van der Waals surface area (Å²) in [6.07, 6.45) is 0. The van der Waals surface area contributed by atoms with Crippen molar-refractivity contribution in [1.82, 2.24) is 15.1 Å². The van der Waals surface area contributed by atoms with E-state index in [4.69, 9.17) is 20.9 Å². The van der Waals surface area contributed by atoms with Gasteiger partial charge in [0.25, 0.3) is 5.89 Å². The van der Waals surface area contributed by atoms with Crippen LogP contribution in [0.2, 0.25) is 5.15 Å². The average molecular weight is 380 g/mol. The second-order valence-electron chi connectivity index (χ2n) is 5.91. The highest BCUT2D eigenvalue weighted by molar-refractivity contribution is 6.30. The molecule has 6 nitrogen and oxygen atoms in total. The lowest BCUT2D eigenvalue weighted by Gasteiger charge is -2.06. The number of pyridine rings is 1. The summed E-state index contributed by atoms with van der Waals surface area (Å²) in [4.78, 5) is 21.0. The van der Waals surface area contributed by atoms with Crippen LogP contribution in [-0.4, -0.2) is 21.1 Å². The predicted octanol–water partition coefficient (Wildman–Crippen LogP) is 4.60. The molecule has 0 aliphatic heterocycles. The Kier molecular flexibility index (Phi) is 4.56. The van der Waals surface area contributed by atoms with Gasteiger partial charge in [-0.3, -0.25) is 0 Å². The molecule has 0 bridgehead atoms. The fourth-order valence-electron chi connectivity index (χ4n) is 2.76. The average Bonchev–Trinajstić information content (AvgIpc) is 3.14. The summed E-state index contributed by atoms with van der Waals surface area (Å²) in [5, 5.41) is 4.84. The first-order valence-corrected chi connectivity index (χ1v) is 8.60. The number of aryl methyl sites for hydroxylation is 1. The Bertz CT molecular complexity index is 1140. The van der Waals surface area contributed by atoms with Crippen LogP contribution in [0.25, 0.3) is 22.3 Å². The van der Waals surface area contributed by atoms with Gasteiger partial charge in [-0.2, -0.15) is 4.98 Å². The molecule has 2 aromatic carbocycles. The number of para-hydroxylation sites is 1. The number of carbonyl (C=O) groups is 1. The van der Waals surface area contributed by atoms with Crippen molar-refractivity contribution in [3.63, 3.8) is 0 Å². The summed E-state index contributed by atoms with van der Waals surface area (Å²) in [6, 6.07) is 16.4. The molecule has 0 N–H and O–H groups in total. The number of hydrogen-bond donors (Lipinski definition) is 0. The molecule has 0 saturated carbocycles. The van der Waals surface area contributed by atoms with E-state index in [0.29, 0.717) is 22.3 Å². The van der Waals surface area contributed by atoms with E-state index in [-0.39, 0.29) is 17.7 Å². The minimum absolute atomic E-state index is 0.133. The first-order chi connectivity index (χ1) is 13.1. The minimum atomic E-state index is -0.536. The molecule has 134 valence electrons. The van der Waals surface area contributed by atoms with Crippen LogP contribution < -0.4 is 0 Å². The molecule has 4 aromatic rings. The highest BCUT2D eigenvalue weighted by Gasteiger charge is 2.16. The van der Waals surface area contributed by atoms with Gasteiger partial charge >= 0.3 is 5.97 Å². The van der Waals surface area contributed by atoms with Crippen molar-refractivity contribution in [2.45, 2.75) is 13.5 Å². The Morgan fingerprint density at radius 1 is 1.11 bits per heavy atom. The molecule has 4 rings (SSSR count). The van der Waals surface area contributed by atoms with Gasteiger partial charge in [-0.1, -0.05) is 59.2 Å². The van der Waals surface area contributed by atoms with E-state index in [1.807, 2.05) is 43.3 Å². The van der Waals surface area contributed by atoms with Crippen molar-refractivity contribution in [1.29, 1.82) is 0 Å². The SMILES string of the molecule is Cc1ccccc1-c1noc(COC(=O)c2cc(Cl)nc3ccccc23)n1. The molecule has 0 amide bonds. The maximum Gasteiger partial charge on any atom is 0.339 e. The Morgan fingerprint density at radius 3 is 2.74 bits per heavy atom. The molecule has 0 aliphatic carbocycles. The number of aromatic nitrogens is 3. The summed E-state index contributed by atoms with van der Waals surface area (Å²) in [5.74, 6) is 0.133. The largest absolute Gasteiger partial charge is 0.452 e. The summed E-state index contributed by atoms with van der Waals surface area (Å²) in [6.45, 7) is 1.83. The van der Waals surface area contributed by atoms with Crippen LogP contribution in [-0.2, 0) is 11.3 Å². The van der Waals surface area contributed by atoms with Gasteiger partial charge in [0, 0.05) is 10.9 Å². The van der Waals surface area contributed by atoms with E-state index in [1.54, 1.807) is 12.1 Å². The summed E-state index contributed by atoms with van der Waals surface area (Å²) in [7, 11) is 0. The summed E-state index contributed by atoms with van der Waals surface area (Å²) < 4.78 is 10.5. The van der Waals surface area contributed by atoms with E-state index in [1.165, 1.54) is 6.07 Å². The molecule has 0 spiro atoms. The Hall–Kier alpha value is -3.25. The van der Waals surface area contributed by atoms with Gasteiger partial charge in [-0.05, 0) is 24.6 Å². The Balaban J connectivity index is 1.53. The van der Waals surface area contributed by atoms with Crippen LogP contribution in [0.3, 0.4) is 0 Å².